The lowest BCUT2D eigenvalue weighted by atomic mass is 9.40. The number of nitrogens with one attached hydrogen (secondary N) is 1. The molecule has 1 spiro atoms. The van der Waals surface area contributed by atoms with Gasteiger partial charge in [0.1, 0.15) is 17.0 Å². The molecule has 3 aliphatic carbocycles. The molecule has 194 valence electrons. The Bertz CT molecular complexity index is 1600. The van der Waals surface area contributed by atoms with Gasteiger partial charge in [-0.05, 0) is 62.4 Å². The van der Waals surface area contributed by atoms with Crippen LogP contribution >= 0.6 is 23.2 Å². The number of hydrogen-bond donors (Lipinski definition) is 2. The second-order valence-corrected chi connectivity index (χ2v) is 11.8. The first-order valence-corrected chi connectivity index (χ1v) is 13.8. The molecule has 4 aromatic rings. The molecular weight excluding hydrogens is 527 g/mol. The number of rotatable bonds is 7. The van der Waals surface area contributed by atoms with E-state index in [2.05, 4.69) is 20.4 Å². The van der Waals surface area contributed by atoms with E-state index in [0.717, 1.165) is 48.3 Å². The minimum Gasteiger partial charge on any atom is -0.478 e. The molecule has 2 aromatic heterocycles. The van der Waals surface area contributed by atoms with Crippen LogP contribution in [0.15, 0.2) is 45.3 Å². The van der Waals surface area contributed by atoms with Gasteiger partial charge >= 0.3 is 5.97 Å². The van der Waals surface area contributed by atoms with E-state index in [1.54, 1.807) is 18.2 Å². The maximum absolute atomic E-state index is 11.3. The molecule has 4 fully saturated rings. The minimum atomic E-state index is -0.975. The summed E-state index contributed by atoms with van der Waals surface area (Å²) in [4.78, 5) is 18.3. The number of aromatic nitrogens is 2. The summed E-state index contributed by atoms with van der Waals surface area (Å²) >= 11 is 13.1. The third-order valence-corrected chi connectivity index (χ3v) is 9.84. The van der Waals surface area contributed by atoms with Crippen LogP contribution < -0.4 is 10.2 Å². The van der Waals surface area contributed by atoms with E-state index in [0.29, 0.717) is 57.7 Å². The summed E-state index contributed by atoms with van der Waals surface area (Å²) in [5.74, 6) is 0.389. The number of hydrogen-bond acceptors (Lipinski definition) is 7. The second-order valence-electron chi connectivity index (χ2n) is 11.0. The van der Waals surface area contributed by atoms with Gasteiger partial charge in [-0.1, -0.05) is 34.4 Å². The number of aromatic carboxylic acids is 1. The molecule has 2 aromatic carbocycles. The predicted octanol–water partition coefficient (Wildman–Crippen LogP) is 6.26. The third kappa shape index (κ3) is 3.05. The van der Waals surface area contributed by atoms with Gasteiger partial charge in [0.15, 0.2) is 5.58 Å². The molecule has 4 atom stereocenters. The lowest BCUT2D eigenvalue weighted by Crippen LogP contribution is -2.89. The van der Waals surface area contributed by atoms with E-state index < -0.39 is 5.97 Å². The molecule has 10 heteroatoms. The lowest BCUT2D eigenvalue weighted by molar-refractivity contribution is -0.151. The van der Waals surface area contributed by atoms with Crippen molar-refractivity contribution in [1.82, 2.24) is 15.5 Å². The van der Waals surface area contributed by atoms with Crippen LogP contribution in [0, 0.1) is 5.41 Å². The molecule has 3 heterocycles. The van der Waals surface area contributed by atoms with Crippen molar-refractivity contribution in [2.24, 2.45) is 5.41 Å². The summed E-state index contributed by atoms with van der Waals surface area (Å²) < 4.78 is 11.9. The number of piperidine rings is 2. The Kier molecular flexibility index (Phi) is 4.80. The molecule has 4 aliphatic rings. The van der Waals surface area contributed by atoms with Crippen molar-refractivity contribution in [3.05, 3.63) is 63.3 Å². The quantitative estimate of drug-likeness (QED) is 0.277. The van der Waals surface area contributed by atoms with Crippen LogP contribution in [0.5, 0.6) is 0 Å². The SMILES string of the molecule is O=C(O)c1ccc2nc(N3C4CCC45C(NCc4c(-c6c(Cl)cccc6Cl)noc4C4CC4)CC35)oc2c1. The molecule has 1 saturated heterocycles. The molecule has 0 radical (unpaired) electrons. The largest absolute Gasteiger partial charge is 0.478 e. The highest BCUT2D eigenvalue weighted by atomic mass is 35.5. The van der Waals surface area contributed by atoms with E-state index in [9.17, 15) is 9.90 Å². The predicted molar refractivity (Wildman–Crippen MR) is 142 cm³/mol. The van der Waals surface area contributed by atoms with Gasteiger partial charge in [0.05, 0.1) is 15.6 Å². The Morgan fingerprint density at radius 3 is 2.66 bits per heavy atom. The molecule has 3 saturated carbocycles. The molecule has 1 aliphatic heterocycles. The van der Waals surface area contributed by atoms with E-state index in [4.69, 9.17) is 32.1 Å². The number of halogens is 2. The number of carboxylic acids is 1. The van der Waals surface area contributed by atoms with Crippen LogP contribution in [0.25, 0.3) is 22.4 Å². The molecule has 0 bridgehead atoms. The topological polar surface area (TPSA) is 105 Å². The van der Waals surface area contributed by atoms with Gasteiger partial charge in [0.2, 0.25) is 0 Å². The zero-order valence-corrected chi connectivity index (χ0v) is 21.8. The van der Waals surface area contributed by atoms with Crippen LogP contribution in [0.2, 0.25) is 10.0 Å². The van der Waals surface area contributed by atoms with Crippen molar-refractivity contribution in [3.63, 3.8) is 0 Å². The average Bonchev–Trinajstić information content (AvgIpc) is 3.48. The summed E-state index contributed by atoms with van der Waals surface area (Å²) in [6.45, 7) is 0.652. The van der Waals surface area contributed by atoms with Gasteiger partial charge in [-0.3, -0.25) is 0 Å². The number of anilines is 1. The van der Waals surface area contributed by atoms with Crippen LogP contribution in [-0.2, 0) is 6.54 Å². The first-order valence-electron chi connectivity index (χ1n) is 13.0. The van der Waals surface area contributed by atoms with Gasteiger partial charge in [-0.2, -0.15) is 4.98 Å². The fraction of sp³-hybridized carbons (Fsp3) is 0.393. The molecule has 8 nitrogen and oxygen atoms in total. The number of nitrogens with zero attached hydrogens (tertiary/aromatic N) is 3. The maximum atomic E-state index is 11.3. The van der Waals surface area contributed by atoms with Crippen molar-refractivity contribution in [2.45, 2.75) is 62.7 Å². The van der Waals surface area contributed by atoms with Crippen molar-refractivity contribution < 1.29 is 18.8 Å². The summed E-state index contributed by atoms with van der Waals surface area (Å²) in [6, 6.07) is 12.0. The molecular formula is C28H24Cl2N4O4. The maximum Gasteiger partial charge on any atom is 0.335 e. The van der Waals surface area contributed by atoms with Gasteiger partial charge in [-0.15, -0.1) is 0 Å². The zero-order chi connectivity index (χ0) is 25.8. The first-order chi connectivity index (χ1) is 18.5. The van der Waals surface area contributed by atoms with Crippen molar-refractivity contribution in [1.29, 1.82) is 0 Å². The number of carboxylic acid groups (broad SMARTS) is 1. The van der Waals surface area contributed by atoms with Gasteiger partial charge < -0.3 is 24.3 Å². The summed E-state index contributed by atoms with van der Waals surface area (Å²) in [5, 5.41) is 18.7. The monoisotopic (exact) mass is 550 g/mol. The fourth-order valence-corrected chi connectivity index (χ4v) is 7.62. The Hall–Kier alpha value is -3.07. The van der Waals surface area contributed by atoms with Crippen LogP contribution in [-0.4, -0.2) is 39.3 Å². The minimum absolute atomic E-state index is 0.200. The fourth-order valence-electron chi connectivity index (χ4n) is 7.04. The van der Waals surface area contributed by atoms with Gasteiger partial charge in [-0.25, -0.2) is 4.79 Å². The van der Waals surface area contributed by atoms with Crippen LogP contribution in [0.4, 0.5) is 6.01 Å². The van der Waals surface area contributed by atoms with Gasteiger partial charge in [0.25, 0.3) is 6.01 Å². The number of fused-ring (bicyclic) bond motifs is 1. The molecule has 38 heavy (non-hydrogen) atoms. The van der Waals surface area contributed by atoms with Crippen LogP contribution in [0.1, 0.15) is 59.7 Å². The second kappa shape index (κ2) is 7.97. The van der Waals surface area contributed by atoms with Crippen molar-refractivity contribution in [3.8, 4) is 11.3 Å². The molecule has 8 rings (SSSR count). The number of benzene rings is 2. The number of carbonyl (C=O) groups is 1. The summed E-state index contributed by atoms with van der Waals surface area (Å²) in [5.41, 5.74) is 4.13. The smallest absolute Gasteiger partial charge is 0.335 e. The molecule has 0 amide bonds. The van der Waals surface area contributed by atoms with E-state index >= 15 is 0 Å². The Balaban J connectivity index is 1.03. The highest BCUT2D eigenvalue weighted by Gasteiger charge is 2.76. The molecule has 2 N–H and O–H groups in total. The normalized spacial score (nSPS) is 27.3. The highest BCUT2D eigenvalue weighted by Crippen LogP contribution is 2.68. The standard InChI is InChI=1S/C28H24Cl2N4O4/c29-16-2-1-3-17(30)23(16)24-15(25(38-33-24)13-4-5-13)12-31-20-11-22-28(20)9-8-21(28)34(22)27-32-18-7-6-14(26(35)36)10-19(18)37-27/h1-3,6-7,10,13,20-22,31H,4-5,8-9,11-12H2,(H,35,36). The summed E-state index contributed by atoms with van der Waals surface area (Å²) in [7, 11) is 0. The van der Waals surface area contributed by atoms with Crippen LogP contribution in [0.3, 0.4) is 0 Å². The van der Waals surface area contributed by atoms with Gasteiger partial charge in [0, 0.05) is 47.1 Å². The Morgan fingerprint density at radius 1 is 1.16 bits per heavy atom. The number of oxazole rings is 1. The lowest BCUT2D eigenvalue weighted by Gasteiger charge is -2.79. The highest BCUT2D eigenvalue weighted by molar-refractivity contribution is 6.39. The van der Waals surface area contributed by atoms with E-state index in [1.807, 2.05) is 18.2 Å². The van der Waals surface area contributed by atoms with E-state index in [-0.39, 0.29) is 11.0 Å². The van der Waals surface area contributed by atoms with Crippen molar-refractivity contribution in [2.75, 3.05) is 4.90 Å². The third-order valence-electron chi connectivity index (χ3n) is 9.21. The summed E-state index contributed by atoms with van der Waals surface area (Å²) in [6.07, 6.45) is 5.48. The molecule has 4 unspecified atom stereocenters. The zero-order valence-electron chi connectivity index (χ0n) is 20.3. The Morgan fingerprint density at radius 2 is 1.97 bits per heavy atom. The average molecular weight is 551 g/mol. The van der Waals surface area contributed by atoms with Crippen molar-refractivity contribution >= 4 is 46.3 Å². The first kappa shape index (κ1) is 22.9. The van der Waals surface area contributed by atoms with E-state index in [1.165, 1.54) is 6.42 Å². The Labute approximate surface area is 227 Å².